The fraction of sp³-hybridized carbons (Fsp3) is 0.261. The monoisotopic (exact) mass is 409 g/mol. The van der Waals surface area contributed by atoms with E-state index in [1.807, 2.05) is 36.4 Å². The molecule has 1 atom stereocenters. The van der Waals surface area contributed by atoms with Crippen molar-refractivity contribution >= 4 is 28.5 Å². The molecule has 0 saturated carbocycles. The van der Waals surface area contributed by atoms with Crippen molar-refractivity contribution in [2.24, 2.45) is 0 Å². The molecule has 1 aromatic heterocycles. The molecular weight excluding hydrogens is 386 g/mol. The lowest BCUT2D eigenvalue weighted by Gasteiger charge is -2.13. The molecule has 0 unspecified atom stereocenters. The highest BCUT2D eigenvalue weighted by Gasteiger charge is 2.27. The number of Topliss-reactive ketones (excluding diaryl/α,β-unsaturated/α-hetero) is 1. The number of aromatic amines is 1. The first-order valence-corrected chi connectivity index (χ1v) is 9.44. The number of benzene rings is 2. The minimum absolute atomic E-state index is 0.212. The Bertz CT molecular complexity index is 1110. The van der Waals surface area contributed by atoms with Crippen LogP contribution in [0.2, 0.25) is 0 Å². The standard InChI is InChI=1S/C23H23NO6/c1-13-20(23(27)28-4)14(2)24-21(13)22(26)15(3)30-19(25)12-29-18-10-9-16-7-5-6-8-17(16)11-18/h5-11,15,24H,12H2,1-4H3/t15-/m1/s1. The summed E-state index contributed by atoms with van der Waals surface area (Å²) < 4.78 is 15.5. The first kappa shape index (κ1) is 21.1. The quantitative estimate of drug-likeness (QED) is 0.472. The van der Waals surface area contributed by atoms with Crippen LogP contribution in [0.3, 0.4) is 0 Å². The van der Waals surface area contributed by atoms with Crippen LogP contribution in [0.4, 0.5) is 0 Å². The summed E-state index contributed by atoms with van der Waals surface area (Å²) in [6.45, 7) is 4.46. The van der Waals surface area contributed by atoms with Crippen molar-refractivity contribution in [1.29, 1.82) is 0 Å². The van der Waals surface area contributed by atoms with Crippen LogP contribution in [-0.4, -0.2) is 42.5 Å². The molecule has 0 aliphatic carbocycles. The molecule has 0 saturated heterocycles. The van der Waals surface area contributed by atoms with Crippen LogP contribution in [-0.2, 0) is 14.3 Å². The van der Waals surface area contributed by atoms with Gasteiger partial charge in [0.2, 0.25) is 5.78 Å². The Kier molecular flexibility index (Phi) is 6.20. The number of esters is 2. The minimum atomic E-state index is -1.04. The average molecular weight is 409 g/mol. The molecule has 0 bridgehead atoms. The number of aromatic nitrogens is 1. The summed E-state index contributed by atoms with van der Waals surface area (Å²) in [6.07, 6.45) is -1.04. The van der Waals surface area contributed by atoms with Gasteiger partial charge in [-0.15, -0.1) is 0 Å². The van der Waals surface area contributed by atoms with E-state index >= 15 is 0 Å². The third-order valence-corrected chi connectivity index (χ3v) is 4.83. The number of rotatable bonds is 7. The van der Waals surface area contributed by atoms with Gasteiger partial charge in [-0.2, -0.15) is 0 Å². The molecule has 2 aromatic carbocycles. The number of ether oxygens (including phenoxy) is 3. The zero-order chi connectivity index (χ0) is 21.8. The Hall–Kier alpha value is -3.61. The van der Waals surface area contributed by atoms with Gasteiger partial charge >= 0.3 is 11.9 Å². The van der Waals surface area contributed by atoms with Gasteiger partial charge in [-0.1, -0.05) is 30.3 Å². The van der Waals surface area contributed by atoms with Crippen LogP contribution >= 0.6 is 0 Å². The zero-order valence-corrected chi connectivity index (χ0v) is 17.3. The number of methoxy groups -OCH3 is 1. The molecule has 1 heterocycles. The lowest BCUT2D eigenvalue weighted by atomic mass is 10.1. The van der Waals surface area contributed by atoms with Crippen molar-refractivity contribution in [2.45, 2.75) is 26.9 Å². The van der Waals surface area contributed by atoms with Crippen molar-refractivity contribution in [3.63, 3.8) is 0 Å². The summed E-state index contributed by atoms with van der Waals surface area (Å²) >= 11 is 0. The number of aryl methyl sites for hydroxylation is 1. The SMILES string of the molecule is COC(=O)c1c(C)[nH]c(C(=O)[C@@H](C)OC(=O)COc2ccc3ccccc3c2)c1C. The number of ketones is 1. The normalized spacial score (nSPS) is 11.7. The van der Waals surface area contributed by atoms with Gasteiger partial charge in [0.25, 0.3) is 0 Å². The predicted molar refractivity (Wildman–Crippen MR) is 111 cm³/mol. The molecule has 0 spiro atoms. The molecular formula is C23H23NO6. The maximum atomic E-state index is 12.7. The summed E-state index contributed by atoms with van der Waals surface area (Å²) in [5, 5.41) is 2.06. The van der Waals surface area contributed by atoms with E-state index in [1.54, 1.807) is 19.9 Å². The Balaban J connectivity index is 1.62. The van der Waals surface area contributed by atoms with Gasteiger partial charge in [0.1, 0.15) is 5.75 Å². The number of fused-ring (bicyclic) bond motifs is 1. The molecule has 0 amide bonds. The Morgan fingerprint density at radius 3 is 2.43 bits per heavy atom. The number of hydrogen-bond acceptors (Lipinski definition) is 6. The second-order valence-electron chi connectivity index (χ2n) is 6.91. The lowest BCUT2D eigenvalue weighted by molar-refractivity contribution is -0.148. The molecule has 0 aliphatic heterocycles. The molecule has 0 fully saturated rings. The fourth-order valence-electron chi connectivity index (χ4n) is 3.29. The predicted octanol–water partition coefficient (Wildman–Crippen LogP) is 3.76. The first-order valence-electron chi connectivity index (χ1n) is 9.44. The molecule has 7 heteroatoms. The highest BCUT2D eigenvalue weighted by Crippen LogP contribution is 2.22. The second kappa shape index (κ2) is 8.82. The van der Waals surface area contributed by atoms with E-state index < -0.39 is 23.8 Å². The maximum absolute atomic E-state index is 12.7. The molecule has 0 aliphatic rings. The van der Waals surface area contributed by atoms with Crippen LogP contribution in [0.15, 0.2) is 42.5 Å². The van der Waals surface area contributed by atoms with E-state index in [-0.39, 0.29) is 12.3 Å². The average Bonchev–Trinajstić information content (AvgIpc) is 3.04. The first-order chi connectivity index (χ1) is 14.3. The van der Waals surface area contributed by atoms with Crippen molar-refractivity contribution in [3.05, 3.63) is 65.0 Å². The van der Waals surface area contributed by atoms with Crippen molar-refractivity contribution < 1.29 is 28.6 Å². The Morgan fingerprint density at radius 2 is 1.73 bits per heavy atom. The number of H-pyrrole nitrogens is 1. The maximum Gasteiger partial charge on any atom is 0.344 e. The molecule has 7 nitrogen and oxygen atoms in total. The van der Waals surface area contributed by atoms with E-state index in [0.29, 0.717) is 22.6 Å². The molecule has 1 N–H and O–H groups in total. The zero-order valence-electron chi connectivity index (χ0n) is 17.3. The highest BCUT2D eigenvalue weighted by atomic mass is 16.6. The molecule has 156 valence electrons. The van der Waals surface area contributed by atoms with E-state index in [0.717, 1.165) is 10.8 Å². The second-order valence-corrected chi connectivity index (χ2v) is 6.91. The number of carbonyl (C=O) groups excluding carboxylic acids is 3. The van der Waals surface area contributed by atoms with Crippen molar-refractivity contribution in [3.8, 4) is 5.75 Å². The fourth-order valence-corrected chi connectivity index (χ4v) is 3.29. The Labute approximate surface area is 173 Å². The van der Waals surface area contributed by atoms with Gasteiger partial charge < -0.3 is 19.2 Å². The van der Waals surface area contributed by atoms with Gasteiger partial charge in [0.15, 0.2) is 12.7 Å². The third-order valence-electron chi connectivity index (χ3n) is 4.83. The smallest absolute Gasteiger partial charge is 0.344 e. The van der Waals surface area contributed by atoms with Gasteiger partial charge in [0.05, 0.1) is 18.4 Å². The van der Waals surface area contributed by atoms with E-state index in [1.165, 1.54) is 14.0 Å². The van der Waals surface area contributed by atoms with Crippen LogP contribution < -0.4 is 4.74 Å². The van der Waals surface area contributed by atoms with E-state index in [9.17, 15) is 14.4 Å². The number of carbonyl (C=O) groups is 3. The van der Waals surface area contributed by atoms with Crippen molar-refractivity contribution in [1.82, 2.24) is 4.98 Å². The van der Waals surface area contributed by atoms with Gasteiger partial charge in [0, 0.05) is 5.69 Å². The minimum Gasteiger partial charge on any atom is -0.482 e. The highest BCUT2D eigenvalue weighted by molar-refractivity contribution is 6.04. The van der Waals surface area contributed by atoms with Crippen LogP contribution in [0.5, 0.6) is 5.75 Å². The largest absolute Gasteiger partial charge is 0.482 e. The summed E-state index contributed by atoms with van der Waals surface area (Å²) in [7, 11) is 1.27. The van der Waals surface area contributed by atoms with Crippen LogP contribution in [0.1, 0.15) is 39.0 Å². The van der Waals surface area contributed by atoms with E-state index in [4.69, 9.17) is 14.2 Å². The summed E-state index contributed by atoms with van der Waals surface area (Å²) in [6, 6.07) is 13.3. The lowest BCUT2D eigenvalue weighted by Crippen LogP contribution is -2.28. The van der Waals surface area contributed by atoms with Gasteiger partial charge in [-0.05, 0) is 49.2 Å². The van der Waals surface area contributed by atoms with Gasteiger partial charge in [-0.3, -0.25) is 4.79 Å². The van der Waals surface area contributed by atoms with Gasteiger partial charge in [-0.25, -0.2) is 9.59 Å². The summed E-state index contributed by atoms with van der Waals surface area (Å²) in [5.41, 5.74) is 1.49. The number of hydrogen-bond donors (Lipinski definition) is 1. The number of nitrogens with one attached hydrogen (secondary N) is 1. The summed E-state index contributed by atoms with van der Waals surface area (Å²) in [5.74, 6) is -1.11. The molecule has 0 radical (unpaired) electrons. The third kappa shape index (κ3) is 4.35. The molecule has 3 aromatic rings. The Morgan fingerprint density at radius 1 is 1.03 bits per heavy atom. The molecule has 30 heavy (non-hydrogen) atoms. The van der Waals surface area contributed by atoms with Crippen molar-refractivity contribution in [2.75, 3.05) is 13.7 Å². The van der Waals surface area contributed by atoms with Crippen LogP contribution in [0, 0.1) is 13.8 Å². The molecule has 3 rings (SSSR count). The van der Waals surface area contributed by atoms with E-state index in [2.05, 4.69) is 4.98 Å². The van der Waals surface area contributed by atoms with Crippen LogP contribution in [0.25, 0.3) is 10.8 Å². The topological polar surface area (TPSA) is 94.7 Å². The summed E-state index contributed by atoms with van der Waals surface area (Å²) in [4.78, 5) is 39.6.